The molecule has 0 bridgehead atoms. The summed E-state index contributed by atoms with van der Waals surface area (Å²) in [5.41, 5.74) is 1.14. The van der Waals surface area contributed by atoms with E-state index in [0.717, 1.165) is 37.8 Å². The molecule has 0 spiro atoms. The van der Waals surface area contributed by atoms with Gasteiger partial charge in [-0.2, -0.15) is 0 Å². The number of hydrogen-bond donors (Lipinski definition) is 1. The lowest BCUT2D eigenvalue weighted by atomic mass is 10.0. The predicted molar refractivity (Wildman–Crippen MR) is 80.6 cm³/mol. The fraction of sp³-hybridized carbons (Fsp3) is 0.625. The van der Waals surface area contributed by atoms with Crippen LogP contribution in [0, 0.1) is 11.7 Å². The van der Waals surface area contributed by atoms with E-state index < -0.39 is 0 Å². The van der Waals surface area contributed by atoms with Crippen molar-refractivity contribution in [1.82, 2.24) is 10.2 Å². The highest BCUT2D eigenvalue weighted by atomic mass is 19.1. The summed E-state index contributed by atoms with van der Waals surface area (Å²) in [4.78, 5) is 4.93. The van der Waals surface area contributed by atoms with Crippen molar-refractivity contribution in [3.63, 3.8) is 0 Å². The van der Waals surface area contributed by atoms with Crippen LogP contribution in [0.3, 0.4) is 0 Å². The minimum Gasteiger partial charge on any atom is -0.369 e. The monoisotopic (exact) mass is 277 g/mol. The van der Waals surface area contributed by atoms with Crippen LogP contribution in [0.25, 0.3) is 0 Å². The lowest BCUT2D eigenvalue weighted by Gasteiger charge is -2.37. The van der Waals surface area contributed by atoms with Crippen molar-refractivity contribution < 1.29 is 4.39 Å². The fourth-order valence-corrected chi connectivity index (χ4v) is 3.33. The molecule has 0 radical (unpaired) electrons. The van der Waals surface area contributed by atoms with Crippen molar-refractivity contribution in [3.05, 3.63) is 30.1 Å². The second-order valence-corrected chi connectivity index (χ2v) is 6.06. The van der Waals surface area contributed by atoms with Gasteiger partial charge in [0.25, 0.3) is 0 Å². The molecule has 2 aliphatic rings. The van der Waals surface area contributed by atoms with Crippen molar-refractivity contribution >= 4 is 5.69 Å². The van der Waals surface area contributed by atoms with E-state index in [-0.39, 0.29) is 5.82 Å². The van der Waals surface area contributed by atoms with Crippen LogP contribution in [0.15, 0.2) is 24.3 Å². The van der Waals surface area contributed by atoms with Crippen LogP contribution in [0.1, 0.15) is 13.3 Å². The van der Waals surface area contributed by atoms with E-state index in [1.54, 1.807) is 12.1 Å². The van der Waals surface area contributed by atoms with Gasteiger partial charge in [-0.15, -0.1) is 0 Å². The van der Waals surface area contributed by atoms with Crippen molar-refractivity contribution in [2.24, 2.45) is 5.92 Å². The molecule has 1 N–H and O–H groups in total. The minimum absolute atomic E-state index is 0.157. The highest BCUT2D eigenvalue weighted by Crippen LogP contribution is 2.20. The summed E-state index contributed by atoms with van der Waals surface area (Å²) in [6, 6.07) is 7.52. The van der Waals surface area contributed by atoms with E-state index in [2.05, 4.69) is 22.0 Å². The van der Waals surface area contributed by atoms with E-state index in [1.807, 2.05) is 12.1 Å². The maximum Gasteiger partial charge on any atom is 0.123 e. The van der Waals surface area contributed by atoms with Crippen LogP contribution < -0.4 is 10.2 Å². The molecule has 4 heteroatoms. The smallest absolute Gasteiger partial charge is 0.123 e. The Kier molecular flexibility index (Phi) is 4.22. The molecule has 0 aliphatic carbocycles. The van der Waals surface area contributed by atoms with Gasteiger partial charge >= 0.3 is 0 Å². The number of piperazine rings is 1. The first-order valence-corrected chi connectivity index (χ1v) is 7.68. The van der Waals surface area contributed by atoms with E-state index in [0.29, 0.717) is 6.04 Å². The average molecular weight is 277 g/mol. The molecule has 0 saturated carbocycles. The van der Waals surface area contributed by atoms with Gasteiger partial charge in [0.2, 0.25) is 0 Å². The van der Waals surface area contributed by atoms with Crippen LogP contribution in [-0.4, -0.2) is 50.2 Å². The molecule has 3 rings (SSSR count). The molecule has 2 heterocycles. The quantitative estimate of drug-likeness (QED) is 0.911. The number of benzene rings is 1. The Morgan fingerprint density at radius 2 is 1.85 bits per heavy atom. The summed E-state index contributed by atoms with van der Waals surface area (Å²) in [7, 11) is 0. The SMILES string of the molecule is CC1NCCC1CN1CCN(c2ccc(F)cc2)CC1. The third-order valence-corrected chi connectivity index (χ3v) is 4.75. The summed E-state index contributed by atoms with van der Waals surface area (Å²) < 4.78 is 12.9. The van der Waals surface area contributed by atoms with Crippen LogP contribution in [0.2, 0.25) is 0 Å². The van der Waals surface area contributed by atoms with Gasteiger partial charge < -0.3 is 10.2 Å². The lowest BCUT2D eigenvalue weighted by molar-refractivity contribution is 0.212. The number of halogens is 1. The summed E-state index contributed by atoms with van der Waals surface area (Å²) in [6.07, 6.45) is 1.30. The summed E-state index contributed by atoms with van der Waals surface area (Å²) in [6.45, 7) is 8.99. The maximum absolute atomic E-state index is 12.9. The van der Waals surface area contributed by atoms with E-state index in [4.69, 9.17) is 0 Å². The number of nitrogens with zero attached hydrogens (tertiary/aromatic N) is 2. The Morgan fingerprint density at radius 3 is 2.45 bits per heavy atom. The second-order valence-electron chi connectivity index (χ2n) is 6.06. The highest BCUT2D eigenvalue weighted by molar-refractivity contribution is 5.46. The molecule has 3 nitrogen and oxygen atoms in total. The Morgan fingerprint density at radius 1 is 1.15 bits per heavy atom. The molecule has 1 aromatic rings. The Hall–Kier alpha value is -1.13. The number of nitrogens with one attached hydrogen (secondary N) is 1. The molecule has 2 fully saturated rings. The Balaban J connectivity index is 1.50. The first kappa shape index (κ1) is 13.8. The minimum atomic E-state index is -0.157. The van der Waals surface area contributed by atoms with E-state index in [1.165, 1.54) is 19.5 Å². The van der Waals surface area contributed by atoms with Crippen LogP contribution in [0.5, 0.6) is 0 Å². The second kappa shape index (κ2) is 6.10. The third kappa shape index (κ3) is 3.13. The summed E-state index contributed by atoms with van der Waals surface area (Å²) >= 11 is 0. The van der Waals surface area contributed by atoms with E-state index >= 15 is 0 Å². The van der Waals surface area contributed by atoms with E-state index in [9.17, 15) is 4.39 Å². The zero-order valence-corrected chi connectivity index (χ0v) is 12.2. The van der Waals surface area contributed by atoms with Crippen molar-refractivity contribution in [2.45, 2.75) is 19.4 Å². The topological polar surface area (TPSA) is 18.5 Å². The lowest BCUT2D eigenvalue weighted by Crippen LogP contribution is -2.48. The molecule has 2 saturated heterocycles. The Bertz CT molecular complexity index is 426. The van der Waals surface area contributed by atoms with Gasteiger partial charge in [-0.25, -0.2) is 4.39 Å². The zero-order chi connectivity index (χ0) is 13.9. The molecule has 1 aromatic carbocycles. The van der Waals surface area contributed by atoms with Gasteiger partial charge in [0.05, 0.1) is 0 Å². The van der Waals surface area contributed by atoms with Gasteiger partial charge in [0.1, 0.15) is 5.82 Å². The van der Waals surface area contributed by atoms with Gasteiger partial charge in [-0.1, -0.05) is 0 Å². The number of anilines is 1. The van der Waals surface area contributed by atoms with Crippen molar-refractivity contribution in [2.75, 3.05) is 44.2 Å². The molecule has 2 unspecified atom stereocenters. The first-order chi connectivity index (χ1) is 9.72. The summed E-state index contributed by atoms with van der Waals surface area (Å²) in [5, 5.41) is 3.53. The van der Waals surface area contributed by atoms with Crippen LogP contribution in [-0.2, 0) is 0 Å². The molecular formula is C16H24FN3. The molecule has 0 amide bonds. The summed E-state index contributed by atoms with van der Waals surface area (Å²) in [5.74, 6) is 0.641. The average Bonchev–Trinajstić information content (AvgIpc) is 2.86. The first-order valence-electron chi connectivity index (χ1n) is 7.68. The number of hydrogen-bond acceptors (Lipinski definition) is 3. The normalized spacial score (nSPS) is 28.0. The third-order valence-electron chi connectivity index (χ3n) is 4.75. The molecule has 2 atom stereocenters. The standard InChI is InChI=1S/C16H24FN3/c1-13-14(6-7-18-13)12-19-8-10-20(11-9-19)16-4-2-15(17)3-5-16/h2-5,13-14,18H,6-12H2,1H3. The highest BCUT2D eigenvalue weighted by Gasteiger charge is 2.26. The maximum atomic E-state index is 12.9. The molecule has 110 valence electrons. The zero-order valence-electron chi connectivity index (χ0n) is 12.2. The molecule has 2 aliphatic heterocycles. The Labute approximate surface area is 120 Å². The van der Waals surface area contributed by atoms with Gasteiger partial charge in [-0.05, 0) is 50.1 Å². The van der Waals surface area contributed by atoms with Gasteiger partial charge in [0.15, 0.2) is 0 Å². The molecule has 20 heavy (non-hydrogen) atoms. The van der Waals surface area contributed by atoms with Crippen LogP contribution >= 0.6 is 0 Å². The predicted octanol–water partition coefficient (Wildman–Crippen LogP) is 1.95. The number of rotatable bonds is 3. The van der Waals surface area contributed by atoms with Crippen molar-refractivity contribution in [1.29, 1.82) is 0 Å². The van der Waals surface area contributed by atoms with Gasteiger partial charge in [-0.3, -0.25) is 4.90 Å². The largest absolute Gasteiger partial charge is 0.369 e. The van der Waals surface area contributed by atoms with Crippen LogP contribution in [0.4, 0.5) is 10.1 Å². The molecule has 0 aromatic heterocycles. The van der Waals surface area contributed by atoms with Crippen molar-refractivity contribution in [3.8, 4) is 0 Å². The fourth-order valence-electron chi connectivity index (χ4n) is 3.33. The molecular weight excluding hydrogens is 253 g/mol. The van der Waals surface area contributed by atoms with Gasteiger partial charge in [0, 0.05) is 44.5 Å².